The van der Waals surface area contributed by atoms with E-state index in [1.54, 1.807) is 12.1 Å². The third kappa shape index (κ3) is 6.97. The molecular weight excluding hydrogens is 569 g/mol. The number of amides is 3. The maximum Gasteiger partial charge on any atom is 0.416 e. The minimum Gasteiger partial charge on any atom is -0.493 e. The number of thioether (sulfide) groups is 1. The van der Waals surface area contributed by atoms with Gasteiger partial charge in [-0.15, -0.1) is 0 Å². The van der Waals surface area contributed by atoms with Crippen molar-refractivity contribution in [1.29, 1.82) is 0 Å². The fourth-order valence-corrected chi connectivity index (χ4v) is 4.94. The van der Waals surface area contributed by atoms with Crippen LogP contribution in [0.2, 0.25) is 5.02 Å². The number of anilines is 1. The number of halogens is 4. The van der Waals surface area contributed by atoms with Crippen LogP contribution in [0.15, 0.2) is 65.6 Å². The third-order valence-corrected chi connectivity index (χ3v) is 6.85. The van der Waals surface area contributed by atoms with Crippen molar-refractivity contribution in [3.05, 3.63) is 92.8 Å². The van der Waals surface area contributed by atoms with Crippen LogP contribution >= 0.6 is 23.4 Å². The van der Waals surface area contributed by atoms with Gasteiger partial charge in [0.25, 0.3) is 11.1 Å². The van der Waals surface area contributed by atoms with Gasteiger partial charge >= 0.3 is 6.18 Å². The molecular formula is C28H22ClF3N2O5S. The number of imide groups is 1. The van der Waals surface area contributed by atoms with Crippen molar-refractivity contribution in [3.63, 3.8) is 0 Å². The number of carbonyl (C=O) groups excluding carboxylic acids is 3. The Labute approximate surface area is 236 Å². The van der Waals surface area contributed by atoms with E-state index < -0.39 is 35.3 Å². The lowest BCUT2D eigenvalue weighted by atomic mass is 10.1. The highest BCUT2D eigenvalue weighted by molar-refractivity contribution is 8.18. The largest absolute Gasteiger partial charge is 0.493 e. The van der Waals surface area contributed by atoms with E-state index in [2.05, 4.69) is 5.32 Å². The number of methoxy groups -OCH3 is 1. The summed E-state index contributed by atoms with van der Waals surface area (Å²) in [5.41, 5.74) is 1.40. The minimum absolute atomic E-state index is 0.0309. The van der Waals surface area contributed by atoms with E-state index >= 15 is 0 Å². The highest BCUT2D eigenvalue weighted by atomic mass is 35.5. The number of nitrogens with zero attached hydrogens (tertiary/aromatic N) is 1. The molecule has 3 aromatic rings. The summed E-state index contributed by atoms with van der Waals surface area (Å²) < 4.78 is 50.1. The minimum atomic E-state index is -4.59. The predicted molar refractivity (Wildman–Crippen MR) is 146 cm³/mol. The van der Waals surface area contributed by atoms with E-state index in [1.807, 2.05) is 31.2 Å². The van der Waals surface area contributed by atoms with Gasteiger partial charge in [0.05, 0.1) is 22.6 Å². The van der Waals surface area contributed by atoms with Crippen LogP contribution in [0.5, 0.6) is 11.5 Å². The summed E-state index contributed by atoms with van der Waals surface area (Å²) in [6.45, 7) is 1.54. The van der Waals surface area contributed by atoms with Gasteiger partial charge in [0.2, 0.25) is 5.91 Å². The predicted octanol–water partition coefficient (Wildman–Crippen LogP) is 6.93. The van der Waals surface area contributed by atoms with Gasteiger partial charge in [0, 0.05) is 5.69 Å². The lowest BCUT2D eigenvalue weighted by Gasteiger charge is -2.14. The van der Waals surface area contributed by atoms with Gasteiger partial charge < -0.3 is 14.8 Å². The van der Waals surface area contributed by atoms with Crippen LogP contribution in [0.25, 0.3) is 6.08 Å². The number of ether oxygens (including phenoxy) is 2. The summed E-state index contributed by atoms with van der Waals surface area (Å²) in [5.74, 6) is -0.944. The molecule has 0 aliphatic carbocycles. The topological polar surface area (TPSA) is 84.9 Å². The summed E-state index contributed by atoms with van der Waals surface area (Å²) in [4.78, 5) is 38.5. The van der Waals surface area contributed by atoms with Crippen LogP contribution in [-0.4, -0.2) is 35.6 Å². The molecule has 3 amide bonds. The van der Waals surface area contributed by atoms with Gasteiger partial charge in [-0.1, -0.05) is 47.5 Å². The maximum atomic E-state index is 12.9. The van der Waals surface area contributed by atoms with E-state index in [0.29, 0.717) is 33.7 Å². The van der Waals surface area contributed by atoms with E-state index in [4.69, 9.17) is 21.1 Å². The Morgan fingerprint density at radius 1 is 1.10 bits per heavy atom. The van der Waals surface area contributed by atoms with Crippen molar-refractivity contribution in [2.75, 3.05) is 19.0 Å². The van der Waals surface area contributed by atoms with Crippen LogP contribution < -0.4 is 14.8 Å². The van der Waals surface area contributed by atoms with Crippen molar-refractivity contribution in [1.82, 2.24) is 4.90 Å². The van der Waals surface area contributed by atoms with Crippen LogP contribution in [0.3, 0.4) is 0 Å². The van der Waals surface area contributed by atoms with Crippen LogP contribution in [0.4, 0.5) is 23.7 Å². The Bertz CT molecular complexity index is 1510. The molecule has 12 heteroatoms. The first kappa shape index (κ1) is 29.0. The highest BCUT2D eigenvalue weighted by Crippen LogP contribution is 2.39. The molecule has 1 aliphatic rings. The first-order valence-corrected chi connectivity index (χ1v) is 12.9. The number of aryl methyl sites for hydroxylation is 1. The van der Waals surface area contributed by atoms with Crippen LogP contribution in [0, 0.1) is 6.92 Å². The Hall–Kier alpha value is -3.96. The summed E-state index contributed by atoms with van der Waals surface area (Å²) >= 11 is 7.07. The number of carbonyl (C=O) groups is 3. The van der Waals surface area contributed by atoms with Gasteiger partial charge in [-0.25, -0.2) is 0 Å². The second-order valence-electron chi connectivity index (χ2n) is 8.71. The Morgan fingerprint density at radius 2 is 1.85 bits per heavy atom. The summed E-state index contributed by atoms with van der Waals surface area (Å²) in [6.07, 6.45) is -3.16. The number of benzene rings is 3. The SMILES string of the molecule is COc1cc(/C=C2\SC(=O)N(CC(=O)Nc3cccc(C(F)(F)F)c3)C2=O)cc(Cl)c1OCc1cccc(C)c1. The zero-order valence-corrected chi connectivity index (χ0v) is 22.7. The lowest BCUT2D eigenvalue weighted by molar-refractivity contribution is -0.137. The monoisotopic (exact) mass is 590 g/mol. The van der Waals surface area contributed by atoms with Crippen molar-refractivity contribution >= 4 is 52.2 Å². The summed E-state index contributed by atoms with van der Waals surface area (Å²) in [5, 5.41) is 1.80. The van der Waals surface area contributed by atoms with Crippen molar-refractivity contribution in [3.8, 4) is 11.5 Å². The molecule has 0 bridgehead atoms. The molecule has 1 saturated heterocycles. The van der Waals surface area contributed by atoms with Gasteiger partial charge in [0.15, 0.2) is 11.5 Å². The number of hydrogen-bond acceptors (Lipinski definition) is 6. The van der Waals surface area contributed by atoms with Crippen LogP contribution in [-0.2, 0) is 22.4 Å². The van der Waals surface area contributed by atoms with Gasteiger partial charge in [0.1, 0.15) is 13.2 Å². The first-order chi connectivity index (χ1) is 18.9. The van der Waals surface area contributed by atoms with Crippen molar-refractivity contribution < 1.29 is 37.0 Å². The van der Waals surface area contributed by atoms with Gasteiger partial charge in [-0.3, -0.25) is 19.3 Å². The highest BCUT2D eigenvalue weighted by Gasteiger charge is 2.36. The third-order valence-electron chi connectivity index (χ3n) is 5.66. The Balaban J connectivity index is 1.46. The maximum absolute atomic E-state index is 12.9. The lowest BCUT2D eigenvalue weighted by Crippen LogP contribution is -2.36. The average molecular weight is 591 g/mol. The van der Waals surface area contributed by atoms with E-state index in [1.165, 1.54) is 19.3 Å². The van der Waals surface area contributed by atoms with Gasteiger partial charge in [-0.2, -0.15) is 13.2 Å². The molecule has 0 spiro atoms. The molecule has 4 rings (SSSR count). The van der Waals surface area contributed by atoms with E-state index in [-0.39, 0.29) is 22.2 Å². The second kappa shape index (κ2) is 12.1. The average Bonchev–Trinajstić information content (AvgIpc) is 3.14. The molecule has 40 heavy (non-hydrogen) atoms. The quantitative estimate of drug-likeness (QED) is 0.286. The second-order valence-corrected chi connectivity index (χ2v) is 10.1. The normalized spacial score (nSPS) is 14.6. The van der Waals surface area contributed by atoms with E-state index in [9.17, 15) is 27.6 Å². The smallest absolute Gasteiger partial charge is 0.416 e. The van der Waals surface area contributed by atoms with E-state index in [0.717, 1.165) is 29.3 Å². The molecule has 0 saturated carbocycles. The number of alkyl halides is 3. The zero-order valence-electron chi connectivity index (χ0n) is 21.2. The Kier molecular flexibility index (Phi) is 8.75. The number of rotatable bonds is 8. The van der Waals surface area contributed by atoms with Crippen molar-refractivity contribution in [2.45, 2.75) is 19.7 Å². The Morgan fingerprint density at radius 3 is 2.55 bits per heavy atom. The number of hydrogen-bond donors (Lipinski definition) is 1. The molecule has 0 aromatic heterocycles. The molecule has 1 N–H and O–H groups in total. The zero-order chi connectivity index (χ0) is 29.0. The molecule has 208 valence electrons. The molecule has 0 atom stereocenters. The molecule has 3 aromatic carbocycles. The fraction of sp³-hybridized carbons (Fsp3) is 0.179. The van der Waals surface area contributed by atoms with Gasteiger partial charge in [-0.05, 0) is 66.2 Å². The molecule has 0 unspecified atom stereocenters. The summed E-state index contributed by atoms with van der Waals surface area (Å²) in [7, 11) is 1.44. The molecule has 1 heterocycles. The summed E-state index contributed by atoms with van der Waals surface area (Å²) in [6, 6.07) is 14.9. The molecule has 0 radical (unpaired) electrons. The molecule has 7 nitrogen and oxygen atoms in total. The van der Waals surface area contributed by atoms with Crippen molar-refractivity contribution in [2.24, 2.45) is 0 Å². The molecule has 1 fully saturated rings. The first-order valence-electron chi connectivity index (χ1n) is 11.7. The molecule has 1 aliphatic heterocycles. The standard InChI is InChI=1S/C28H22ClF3N2O5S/c1-16-5-3-6-17(9-16)15-39-25-21(29)10-18(11-22(25)38-2)12-23-26(36)34(27(37)40-23)14-24(35)33-20-8-4-7-19(13-20)28(30,31)32/h3-13H,14-15H2,1-2H3,(H,33,35)/b23-12-. The number of nitrogens with one attached hydrogen (secondary N) is 1. The van der Waals surface area contributed by atoms with Crippen LogP contribution in [0.1, 0.15) is 22.3 Å². The fourth-order valence-electron chi connectivity index (χ4n) is 3.83.